The van der Waals surface area contributed by atoms with E-state index in [-0.39, 0.29) is 0 Å². The van der Waals surface area contributed by atoms with Gasteiger partial charge < -0.3 is 14.8 Å². The molecule has 0 unspecified atom stereocenters. The van der Waals surface area contributed by atoms with Crippen LogP contribution in [0.5, 0.6) is 5.75 Å². The van der Waals surface area contributed by atoms with E-state index < -0.39 is 18.0 Å². The Labute approximate surface area is 134 Å². The lowest BCUT2D eigenvalue weighted by Gasteiger charge is -2.16. The summed E-state index contributed by atoms with van der Waals surface area (Å²) in [6, 6.07) is 12.4. The number of pyridine rings is 1. The van der Waals surface area contributed by atoms with E-state index in [4.69, 9.17) is 9.47 Å². The lowest BCUT2D eigenvalue weighted by atomic mass is 10.2. The van der Waals surface area contributed by atoms with Gasteiger partial charge in [0.1, 0.15) is 5.75 Å². The number of amides is 1. The summed E-state index contributed by atoms with van der Waals surface area (Å²) < 4.78 is 10.2. The molecule has 0 saturated heterocycles. The number of benzene rings is 1. The van der Waals surface area contributed by atoms with Crippen molar-refractivity contribution in [1.82, 2.24) is 10.3 Å². The van der Waals surface area contributed by atoms with Crippen molar-refractivity contribution >= 4 is 11.9 Å². The molecule has 6 heteroatoms. The fourth-order valence-corrected chi connectivity index (χ4v) is 1.97. The SMILES string of the molecule is COc1ccc(CNC(=O)[C@H](OC(C)=O)c2ccccn2)cc1. The Hall–Kier alpha value is -2.89. The minimum atomic E-state index is -1.06. The van der Waals surface area contributed by atoms with Crippen molar-refractivity contribution in [1.29, 1.82) is 0 Å². The van der Waals surface area contributed by atoms with Gasteiger partial charge in [-0.15, -0.1) is 0 Å². The first-order chi connectivity index (χ1) is 11.1. The summed E-state index contributed by atoms with van der Waals surface area (Å²) in [5.41, 5.74) is 1.29. The molecular weight excluding hydrogens is 296 g/mol. The lowest BCUT2D eigenvalue weighted by Crippen LogP contribution is -2.31. The van der Waals surface area contributed by atoms with Crippen LogP contribution in [0.4, 0.5) is 0 Å². The predicted molar refractivity (Wildman–Crippen MR) is 83.6 cm³/mol. The third-order valence-electron chi connectivity index (χ3n) is 3.10. The van der Waals surface area contributed by atoms with Crippen molar-refractivity contribution in [2.75, 3.05) is 7.11 Å². The molecule has 1 amide bonds. The van der Waals surface area contributed by atoms with Gasteiger partial charge in [-0.25, -0.2) is 0 Å². The summed E-state index contributed by atoms with van der Waals surface area (Å²) in [7, 11) is 1.59. The Morgan fingerprint density at radius 2 is 1.91 bits per heavy atom. The lowest BCUT2D eigenvalue weighted by molar-refractivity contribution is -0.154. The number of esters is 1. The molecule has 0 spiro atoms. The molecule has 0 aliphatic carbocycles. The zero-order valence-electron chi connectivity index (χ0n) is 13.0. The van der Waals surface area contributed by atoms with Crippen molar-refractivity contribution in [3.63, 3.8) is 0 Å². The quantitative estimate of drug-likeness (QED) is 0.825. The van der Waals surface area contributed by atoms with Crippen LogP contribution in [0.3, 0.4) is 0 Å². The van der Waals surface area contributed by atoms with Crippen LogP contribution in [-0.4, -0.2) is 24.0 Å². The molecule has 6 nitrogen and oxygen atoms in total. The number of carbonyl (C=O) groups is 2. The number of methoxy groups -OCH3 is 1. The second-order valence-electron chi connectivity index (χ2n) is 4.81. The van der Waals surface area contributed by atoms with Crippen molar-refractivity contribution < 1.29 is 19.1 Å². The van der Waals surface area contributed by atoms with E-state index in [9.17, 15) is 9.59 Å². The molecule has 0 bridgehead atoms. The van der Waals surface area contributed by atoms with Gasteiger partial charge in [0.05, 0.1) is 12.8 Å². The molecule has 1 atom stereocenters. The molecule has 1 aromatic carbocycles. The van der Waals surface area contributed by atoms with Crippen molar-refractivity contribution in [2.24, 2.45) is 0 Å². The van der Waals surface area contributed by atoms with Crippen LogP contribution in [0.15, 0.2) is 48.7 Å². The number of ether oxygens (including phenoxy) is 2. The first-order valence-electron chi connectivity index (χ1n) is 7.09. The Morgan fingerprint density at radius 1 is 1.17 bits per heavy atom. The maximum absolute atomic E-state index is 12.3. The van der Waals surface area contributed by atoms with E-state index in [1.807, 2.05) is 24.3 Å². The summed E-state index contributed by atoms with van der Waals surface area (Å²) in [6.07, 6.45) is 0.481. The van der Waals surface area contributed by atoms with Crippen LogP contribution < -0.4 is 10.1 Å². The number of carbonyl (C=O) groups excluding carboxylic acids is 2. The van der Waals surface area contributed by atoms with Crippen LogP contribution in [0.25, 0.3) is 0 Å². The van der Waals surface area contributed by atoms with E-state index in [2.05, 4.69) is 10.3 Å². The van der Waals surface area contributed by atoms with Gasteiger partial charge in [-0.05, 0) is 29.8 Å². The maximum atomic E-state index is 12.3. The first kappa shape index (κ1) is 16.5. The Bertz CT molecular complexity index is 656. The van der Waals surface area contributed by atoms with Crippen LogP contribution >= 0.6 is 0 Å². The highest BCUT2D eigenvalue weighted by Gasteiger charge is 2.24. The van der Waals surface area contributed by atoms with Gasteiger partial charge in [-0.3, -0.25) is 14.6 Å². The van der Waals surface area contributed by atoms with E-state index in [1.165, 1.54) is 6.92 Å². The van der Waals surface area contributed by atoms with Crippen molar-refractivity contribution in [3.05, 3.63) is 59.9 Å². The molecule has 0 aliphatic rings. The Balaban J connectivity index is 2.03. The molecule has 23 heavy (non-hydrogen) atoms. The maximum Gasteiger partial charge on any atom is 0.303 e. The summed E-state index contributed by atoms with van der Waals surface area (Å²) in [4.78, 5) is 27.6. The van der Waals surface area contributed by atoms with Crippen molar-refractivity contribution in [3.8, 4) is 5.75 Å². The van der Waals surface area contributed by atoms with Gasteiger partial charge in [-0.1, -0.05) is 18.2 Å². The highest BCUT2D eigenvalue weighted by molar-refractivity contribution is 5.84. The van der Waals surface area contributed by atoms with E-state index >= 15 is 0 Å². The van der Waals surface area contributed by atoms with Gasteiger partial charge in [-0.2, -0.15) is 0 Å². The molecule has 2 aromatic rings. The van der Waals surface area contributed by atoms with Gasteiger partial charge in [0.15, 0.2) is 0 Å². The fraction of sp³-hybridized carbons (Fsp3) is 0.235. The average molecular weight is 314 g/mol. The second kappa shape index (κ2) is 7.93. The molecule has 1 aromatic heterocycles. The van der Waals surface area contributed by atoms with E-state index in [0.717, 1.165) is 11.3 Å². The zero-order valence-corrected chi connectivity index (χ0v) is 13.0. The monoisotopic (exact) mass is 314 g/mol. The normalized spacial score (nSPS) is 11.4. The number of hydrogen-bond acceptors (Lipinski definition) is 5. The highest BCUT2D eigenvalue weighted by Crippen LogP contribution is 2.16. The smallest absolute Gasteiger partial charge is 0.303 e. The molecular formula is C17H18N2O4. The standard InChI is InChI=1S/C17H18N2O4/c1-12(20)23-16(15-5-3-4-10-18-15)17(21)19-11-13-6-8-14(22-2)9-7-13/h3-10,16H,11H2,1-2H3,(H,19,21)/t16-/m1/s1. The number of rotatable bonds is 6. The van der Waals surface area contributed by atoms with Crippen LogP contribution in [0.2, 0.25) is 0 Å². The van der Waals surface area contributed by atoms with Gasteiger partial charge in [0.25, 0.3) is 5.91 Å². The van der Waals surface area contributed by atoms with Gasteiger partial charge in [0.2, 0.25) is 6.10 Å². The highest BCUT2D eigenvalue weighted by atomic mass is 16.5. The Kier molecular flexibility index (Phi) is 5.68. The van der Waals surface area contributed by atoms with Crippen LogP contribution in [0, 0.1) is 0 Å². The largest absolute Gasteiger partial charge is 0.497 e. The summed E-state index contributed by atoms with van der Waals surface area (Å²) in [5, 5.41) is 2.74. The molecule has 2 rings (SSSR count). The molecule has 0 saturated carbocycles. The molecule has 1 N–H and O–H groups in total. The van der Waals surface area contributed by atoms with Gasteiger partial charge >= 0.3 is 5.97 Å². The summed E-state index contributed by atoms with van der Waals surface area (Å²) in [5.74, 6) is -0.221. The number of nitrogens with one attached hydrogen (secondary N) is 1. The molecule has 0 aliphatic heterocycles. The first-order valence-corrected chi connectivity index (χ1v) is 7.09. The third-order valence-corrected chi connectivity index (χ3v) is 3.10. The van der Waals surface area contributed by atoms with E-state index in [1.54, 1.807) is 31.5 Å². The van der Waals surface area contributed by atoms with Crippen molar-refractivity contribution in [2.45, 2.75) is 19.6 Å². The molecule has 0 radical (unpaired) electrons. The molecule has 1 heterocycles. The number of aromatic nitrogens is 1. The number of hydrogen-bond donors (Lipinski definition) is 1. The minimum absolute atomic E-state index is 0.313. The topological polar surface area (TPSA) is 77.5 Å². The second-order valence-corrected chi connectivity index (χ2v) is 4.81. The Morgan fingerprint density at radius 3 is 2.48 bits per heavy atom. The van der Waals surface area contributed by atoms with Crippen LogP contribution in [-0.2, 0) is 20.9 Å². The summed E-state index contributed by atoms with van der Waals surface area (Å²) in [6.45, 7) is 1.57. The molecule has 120 valence electrons. The summed E-state index contributed by atoms with van der Waals surface area (Å²) >= 11 is 0. The van der Waals surface area contributed by atoms with E-state index in [0.29, 0.717) is 12.2 Å². The minimum Gasteiger partial charge on any atom is -0.497 e. The molecule has 0 fully saturated rings. The van der Waals surface area contributed by atoms with Crippen LogP contribution in [0.1, 0.15) is 24.3 Å². The van der Waals surface area contributed by atoms with Gasteiger partial charge in [0, 0.05) is 19.7 Å². The average Bonchev–Trinajstić information content (AvgIpc) is 2.58. The number of nitrogens with zero attached hydrogens (tertiary/aromatic N) is 1. The zero-order chi connectivity index (χ0) is 16.7. The third kappa shape index (κ3) is 4.81. The fourth-order valence-electron chi connectivity index (χ4n) is 1.97. The predicted octanol–water partition coefficient (Wildman–Crippen LogP) is 2.01.